The van der Waals surface area contributed by atoms with Gasteiger partial charge in [-0.2, -0.15) is 0 Å². The molecule has 8 heteroatoms. The van der Waals surface area contributed by atoms with Gasteiger partial charge in [-0.1, -0.05) is 35.9 Å². The Morgan fingerprint density at radius 1 is 1.03 bits per heavy atom. The smallest absolute Gasteiger partial charge is 0.265 e. The van der Waals surface area contributed by atoms with Crippen molar-refractivity contribution in [3.63, 3.8) is 0 Å². The van der Waals surface area contributed by atoms with Gasteiger partial charge in [0.15, 0.2) is 11.3 Å². The SMILES string of the molecule is O=c1c2c3nc4ccccc4nc3n(C[C@@H]3CCCO3)c2ncn1Cc1ccc(Cl)cc1. The molecule has 4 heterocycles. The highest BCUT2D eigenvalue weighted by Gasteiger charge is 2.23. The van der Waals surface area contributed by atoms with Crippen LogP contribution in [0.1, 0.15) is 18.4 Å². The molecular formula is C24H20ClN5O2. The van der Waals surface area contributed by atoms with E-state index in [-0.39, 0.29) is 11.7 Å². The van der Waals surface area contributed by atoms with E-state index < -0.39 is 0 Å². The molecule has 1 fully saturated rings. The molecule has 0 aliphatic carbocycles. The van der Waals surface area contributed by atoms with Gasteiger partial charge in [0.05, 0.1) is 30.2 Å². The summed E-state index contributed by atoms with van der Waals surface area (Å²) in [5.74, 6) is 0. The van der Waals surface area contributed by atoms with Crippen LogP contribution in [0.5, 0.6) is 0 Å². The molecule has 1 atom stereocenters. The van der Waals surface area contributed by atoms with Gasteiger partial charge in [-0.15, -0.1) is 0 Å². The minimum atomic E-state index is -0.134. The first-order valence-electron chi connectivity index (χ1n) is 10.7. The van der Waals surface area contributed by atoms with Gasteiger partial charge in [0.1, 0.15) is 17.2 Å². The molecule has 5 aromatic rings. The molecule has 0 saturated carbocycles. The molecule has 0 N–H and O–H groups in total. The molecule has 1 aliphatic rings. The fourth-order valence-corrected chi connectivity index (χ4v) is 4.53. The molecule has 32 heavy (non-hydrogen) atoms. The Hall–Kier alpha value is -3.29. The van der Waals surface area contributed by atoms with E-state index >= 15 is 0 Å². The molecule has 7 nitrogen and oxygen atoms in total. The zero-order chi connectivity index (χ0) is 21.7. The number of para-hydroxylation sites is 2. The summed E-state index contributed by atoms with van der Waals surface area (Å²) in [6.45, 7) is 1.76. The van der Waals surface area contributed by atoms with Crippen molar-refractivity contribution in [3.05, 3.63) is 75.8 Å². The van der Waals surface area contributed by atoms with E-state index in [1.807, 2.05) is 53.1 Å². The zero-order valence-electron chi connectivity index (χ0n) is 17.2. The molecule has 1 aliphatic heterocycles. The predicted molar refractivity (Wildman–Crippen MR) is 124 cm³/mol. The van der Waals surface area contributed by atoms with Crippen LogP contribution < -0.4 is 5.56 Å². The number of ether oxygens (including phenoxy) is 1. The Kier molecular flexibility index (Phi) is 4.66. The highest BCUT2D eigenvalue weighted by Crippen LogP contribution is 2.27. The zero-order valence-corrected chi connectivity index (χ0v) is 18.0. The number of rotatable bonds is 4. The van der Waals surface area contributed by atoms with Crippen molar-refractivity contribution in [2.45, 2.75) is 32.0 Å². The minimum Gasteiger partial charge on any atom is -0.376 e. The van der Waals surface area contributed by atoms with E-state index in [0.29, 0.717) is 40.3 Å². The Bertz CT molecular complexity index is 1520. The second-order valence-corrected chi connectivity index (χ2v) is 8.57. The standard InChI is InChI=1S/C24H20ClN5O2/c25-16-9-7-15(8-10-16)12-29-14-26-22-20(24(29)31)21-23(30(22)13-17-4-3-11-32-17)28-19-6-2-1-5-18(19)27-21/h1-2,5-10,14,17H,3-4,11-13H2/t17-/m0/s1. The molecular weight excluding hydrogens is 426 g/mol. The molecule has 0 radical (unpaired) electrons. The summed E-state index contributed by atoms with van der Waals surface area (Å²) >= 11 is 6.00. The Balaban J connectivity index is 1.58. The number of halogens is 1. The maximum Gasteiger partial charge on any atom is 0.265 e. The monoisotopic (exact) mass is 445 g/mol. The third kappa shape index (κ3) is 3.25. The lowest BCUT2D eigenvalue weighted by atomic mass is 10.2. The van der Waals surface area contributed by atoms with Crippen molar-refractivity contribution in [2.75, 3.05) is 6.61 Å². The van der Waals surface area contributed by atoms with E-state index in [0.717, 1.165) is 36.0 Å². The van der Waals surface area contributed by atoms with Crippen LogP contribution in [-0.4, -0.2) is 36.8 Å². The van der Waals surface area contributed by atoms with Gasteiger partial charge in [-0.3, -0.25) is 9.36 Å². The lowest BCUT2D eigenvalue weighted by Gasteiger charge is -2.12. The fourth-order valence-electron chi connectivity index (χ4n) is 4.40. The number of nitrogens with zero attached hydrogens (tertiary/aromatic N) is 5. The first-order valence-corrected chi connectivity index (χ1v) is 11.1. The van der Waals surface area contributed by atoms with Gasteiger partial charge in [0.2, 0.25) is 0 Å². The number of benzene rings is 2. The summed E-state index contributed by atoms with van der Waals surface area (Å²) < 4.78 is 9.47. The summed E-state index contributed by atoms with van der Waals surface area (Å²) in [6.07, 6.45) is 3.71. The van der Waals surface area contributed by atoms with Crippen LogP contribution in [0.4, 0.5) is 0 Å². The molecule has 0 amide bonds. The van der Waals surface area contributed by atoms with E-state index in [1.165, 1.54) is 0 Å². The number of fused-ring (bicyclic) bond motifs is 4. The second kappa shape index (κ2) is 7.69. The molecule has 1 saturated heterocycles. The van der Waals surface area contributed by atoms with Crippen LogP contribution in [0.3, 0.4) is 0 Å². The van der Waals surface area contributed by atoms with Crippen molar-refractivity contribution in [1.82, 2.24) is 24.1 Å². The topological polar surface area (TPSA) is 74.8 Å². The summed E-state index contributed by atoms with van der Waals surface area (Å²) in [6, 6.07) is 15.2. The van der Waals surface area contributed by atoms with Crippen molar-refractivity contribution >= 4 is 44.8 Å². The fraction of sp³-hybridized carbons (Fsp3) is 0.250. The highest BCUT2D eigenvalue weighted by atomic mass is 35.5. The Morgan fingerprint density at radius 2 is 1.81 bits per heavy atom. The third-order valence-electron chi connectivity index (χ3n) is 5.99. The summed E-state index contributed by atoms with van der Waals surface area (Å²) in [5.41, 5.74) is 4.23. The van der Waals surface area contributed by atoms with Crippen molar-refractivity contribution in [3.8, 4) is 0 Å². The van der Waals surface area contributed by atoms with Gasteiger partial charge in [0, 0.05) is 11.6 Å². The summed E-state index contributed by atoms with van der Waals surface area (Å²) in [4.78, 5) is 28.0. The van der Waals surface area contributed by atoms with E-state index in [2.05, 4.69) is 4.98 Å². The molecule has 0 bridgehead atoms. The molecule has 0 unspecified atom stereocenters. The number of aromatic nitrogens is 5. The lowest BCUT2D eigenvalue weighted by Crippen LogP contribution is -2.22. The van der Waals surface area contributed by atoms with E-state index in [9.17, 15) is 4.79 Å². The van der Waals surface area contributed by atoms with Crippen molar-refractivity contribution in [1.29, 1.82) is 0 Å². The van der Waals surface area contributed by atoms with Crippen LogP contribution in [-0.2, 0) is 17.8 Å². The Labute approximate surface area is 188 Å². The average molecular weight is 446 g/mol. The van der Waals surface area contributed by atoms with Gasteiger partial charge in [-0.25, -0.2) is 15.0 Å². The first-order chi connectivity index (χ1) is 15.7. The molecule has 6 rings (SSSR count). The largest absolute Gasteiger partial charge is 0.376 e. The van der Waals surface area contributed by atoms with E-state index in [4.69, 9.17) is 26.3 Å². The maximum absolute atomic E-state index is 13.6. The van der Waals surface area contributed by atoms with Crippen LogP contribution >= 0.6 is 11.6 Å². The van der Waals surface area contributed by atoms with Crippen LogP contribution in [0, 0.1) is 0 Å². The lowest BCUT2D eigenvalue weighted by molar-refractivity contribution is 0.0987. The second-order valence-electron chi connectivity index (χ2n) is 8.13. The maximum atomic E-state index is 13.6. The minimum absolute atomic E-state index is 0.0837. The van der Waals surface area contributed by atoms with Crippen LogP contribution in [0.2, 0.25) is 5.02 Å². The molecule has 3 aromatic heterocycles. The number of hydrogen-bond acceptors (Lipinski definition) is 5. The molecule has 160 valence electrons. The van der Waals surface area contributed by atoms with Gasteiger partial charge >= 0.3 is 0 Å². The van der Waals surface area contributed by atoms with Gasteiger partial charge in [-0.05, 0) is 42.7 Å². The third-order valence-corrected chi connectivity index (χ3v) is 6.25. The van der Waals surface area contributed by atoms with Crippen molar-refractivity contribution in [2.24, 2.45) is 0 Å². The normalized spacial score (nSPS) is 16.5. The molecule has 0 spiro atoms. The average Bonchev–Trinajstić information content (AvgIpc) is 3.43. The summed E-state index contributed by atoms with van der Waals surface area (Å²) in [5, 5.41) is 1.15. The van der Waals surface area contributed by atoms with Gasteiger partial charge in [0.25, 0.3) is 5.56 Å². The van der Waals surface area contributed by atoms with Crippen LogP contribution in [0.25, 0.3) is 33.2 Å². The van der Waals surface area contributed by atoms with Gasteiger partial charge < -0.3 is 9.30 Å². The summed E-state index contributed by atoms with van der Waals surface area (Å²) in [7, 11) is 0. The number of hydrogen-bond donors (Lipinski definition) is 0. The first kappa shape index (κ1) is 19.4. The Morgan fingerprint density at radius 3 is 2.56 bits per heavy atom. The van der Waals surface area contributed by atoms with Crippen LogP contribution in [0.15, 0.2) is 59.7 Å². The quantitative estimate of drug-likeness (QED) is 0.415. The molecule has 2 aromatic carbocycles. The van der Waals surface area contributed by atoms with E-state index in [1.54, 1.807) is 10.9 Å². The highest BCUT2D eigenvalue weighted by molar-refractivity contribution is 6.30. The van der Waals surface area contributed by atoms with Crippen molar-refractivity contribution < 1.29 is 4.74 Å². The predicted octanol–water partition coefficient (Wildman–Crippen LogP) is 4.18.